The van der Waals surface area contributed by atoms with Gasteiger partial charge in [-0.1, -0.05) is 0 Å². The van der Waals surface area contributed by atoms with Crippen LogP contribution >= 0.6 is 15.9 Å². The first-order chi connectivity index (χ1) is 7.74. The number of halogens is 1. The molecule has 1 aliphatic rings. The number of aromatic nitrogens is 1. The predicted octanol–water partition coefficient (Wildman–Crippen LogP) is 2.71. The molecule has 1 fully saturated rings. The molecule has 0 saturated carbocycles. The molecular weight excluding hydrogens is 268 g/mol. The van der Waals surface area contributed by atoms with Gasteiger partial charge in [-0.2, -0.15) is 5.26 Å². The van der Waals surface area contributed by atoms with Crippen LogP contribution in [0.4, 0.5) is 0 Å². The fourth-order valence-corrected chi connectivity index (χ4v) is 2.18. The minimum absolute atomic E-state index is 0.279. The summed E-state index contributed by atoms with van der Waals surface area (Å²) in [6.45, 7) is 1.37. The van der Waals surface area contributed by atoms with Gasteiger partial charge in [0.05, 0.1) is 11.5 Å². The highest BCUT2D eigenvalue weighted by atomic mass is 79.9. The lowest BCUT2D eigenvalue weighted by atomic mass is 9.78. The summed E-state index contributed by atoms with van der Waals surface area (Å²) >= 11 is 3.35. The highest BCUT2D eigenvalue weighted by Gasteiger charge is 2.33. The van der Waals surface area contributed by atoms with Crippen molar-refractivity contribution in [3.63, 3.8) is 0 Å². The van der Waals surface area contributed by atoms with Crippen LogP contribution in [0.15, 0.2) is 22.8 Å². The van der Waals surface area contributed by atoms with Crippen molar-refractivity contribution in [1.82, 2.24) is 4.98 Å². The van der Waals surface area contributed by atoms with Crippen LogP contribution in [0.25, 0.3) is 0 Å². The summed E-state index contributed by atoms with van der Waals surface area (Å²) in [5, 5.41) is 9.31. The van der Waals surface area contributed by atoms with E-state index in [0.29, 0.717) is 13.2 Å². The van der Waals surface area contributed by atoms with E-state index in [1.54, 1.807) is 6.20 Å². The molecule has 3 nitrogen and oxygen atoms in total. The van der Waals surface area contributed by atoms with Gasteiger partial charge in [0, 0.05) is 36.0 Å². The predicted molar refractivity (Wildman–Crippen MR) is 63.7 cm³/mol. The second-order valence-corrected chi connectivity index (χ2v) is 5.06. The molecule has 1 aromatic heterocycles. The average molecular weight is 281 g/mol. The summed E-state index contributed by atoms with van der Waals surface area (Å²) in [7, 11) is 0. The Labute approximate surface area is 104 Å². The first-order valence-electron chi connectivity index (χ1n) is 5.34. The molecule has 2 heterocycles. The van der Waals surface area contributed by atoms with Gasteiger partial charge < -0.3 is 4.74 Å². The summed E-state index contributed by atoms with van der Waals surface area (Å²) < 4.78 is 6.27. The lowest BCUT2D eigenvalue weighted by Gasteiger charge is -2.30. The smallest absolute Gasteiger partial charge is 0.0695 e. The number of ether oxygens (including phenoxy) is 1. The molecule has 2 rings (SSSR count). The van der Waals surface area contributed by atoms with Crippen molar-refractivity contribution in [2.75, 3.05) is 13.2 Å². The van der Waals surface area contributed by atoms with E-state index >= 15 is 0 Å². The van der Waals surface area contributed by atoms with Crippen molar-refractivity contribution in [2.24, 2.45) is 5.41 Å². The van der Waals surface area contributed by atoms with E-state index in [9.17, 15) is 5.26 Å². The van der Waals surface area contributed by atoms with Crippen LogP contribution in [0, 0.1) is 16.7 Å². The maximum atomic E-state index is 9.31. The monoisotopic (exact) mass is 280 g/mol. The van der Waals surface area contributed by atoms with Crippen LogP contribution in [-0.2, 0) is 11.2 Å². The van der Waals surface area contributed by atoms with Crippen molar-refractivity contribution in [3.05, 3.63) is 28.5 Å². The Hall–Kier alpha value is -0.920. The van der Waals surface area contributed by atoms with Crippen molar-refractivity contribution in [2.45, 2.75) is 19.3 Å². The van der Waals surface area contributed by atoms with E-state index in [4.69, 9.17) is 4.74 Å². The van der Waals surface area contributed by atoms with E-state index in [1.165, 1.54) is 0 Å². The van der Waals surface area contributed by atoms with Crippen molar-refractivity contribution >= 4 is 15.9 Å². The van der Waals surface area contributed by atoms with Gasteiger partial charge in [0.25, 0.3) is 0 Å². The second-order valence-electron chi connectivity index (χ2n) is 4.15. The molecule has 16 heavy (non-hydrogen) atoms. The first-order valence-corrected chi connectivity index (χ1v) is 6.13. The summed E-state index contributed by atoms with van der Waals surface area (Å²) in [5.74, 6) is 0. The molecule has 0 spiro atoms. The van der Waals surface area contributed by atoms with Crippen molar-refractivity contribution in [1.29, 1.82) is 5.26 Å². The normalized spacial score (nSPS) is 19.0. The molecule has 0 aromatic carbocycles. The highest BCUT2D eigenvalue weighted by Crippen LogP contribution is 2.33. The molecule has 0 unspecified atom stereocenters. The molecule has 0 atom stereocenters. The molecule has 4 heteroatoms. The van der Waals surface area contributed by atoms with E-state index in [0.717, 1.165) is 29.4 Å². The van der Waals surface area contributed by atoms with Gasteiger partial charge in [0.1, 0.15) is 0 Å². The first kappa shape index (κ1) is 11.6. The summed E-state index contributed by atoms with van der Waals surface area (Å²) in [5.41, 5.74) is 0.700. The molecule has 0 aliphatic carbocycles. The van der Waals surface area contributed by atoms with Gasteiger partial charge in [-0.05, 0) is 40.9 Å². The van der Waals surface area contributed by atoms with Crippen LogP contribution in [-0.4, -0.2) is 18.2 Å². The summed E-state index contributed by atoms with van der Waals surface area (Å²) in [6, 6.07) is 6.38. The minimum Gasteiger partial charge on any atom is -0.381 e. The van der Waals surface area contributed by atoms with Crippen LogP contribution in [0.1, 0.15) is 18.5 Å². The fourth-order valence-electron chi connectivity index (χ4n) is 1.95. The molecule has 84 valence electrons. The van der Waals surface area contributed by atoms with E-state index < -0.39 is 0 Å². The number of hydrogen-bond donors (Lipinski definition) is 0. The SMILES string of the molecule is N#CC1(Cc2ccc(Br)cn2)CCOCC1. The third kappa shape index (κ3) is 2.60. The quantitative estimate of drug-likeness (QED) is 0.837. The lowest BCUT2D eigenvalue weighted by Crippen LogP contribution is -2.30. The van der Waals surface area contributed by atoms with Gasteiger partial charge >= 0.3 is 0 Å². The molecule has 0 amide bonds. The van der Waals surface area contributed by atoms with Gasteiger partial charge in [-0.25, -0.2) is 0 Å². The molecule has 0 N–H and O–H groups in total. The van der Waals surface area contributed by atoms with E-state index in [1.807, 2.05) is 12.1 Å². The summed E-state index contributed by atoms with van der Waals surface area (Å²) in [4.78, 5) is 4.33. The lowest BCUT2D eigenvalue weighted by molar-refractivity contribution is 0.0403. The maximum Gasteiger partial charge on any atom is 0.0695 e. The average Bonchev–Trinajstić information content (AvgIpc) is 2.33. The Morgan fingerprint density at radius 3 is 2.75 bits per heavy atom. The minimum atomic E-state index is -0.279. The number of nitriles is 1. The molecule has 0 radical (unpaired) electrons. The molecular formula is C12H13BrN2O. The van der Waals surface area contributed by atoms with Crippen molar-refractivity contribution in [3.8, 4) is 6.07 Å². The zero-order valence-electron chi connectivity index (χ0n) is 8.95. The Kier molecular flexibility index (Phi) is 3.57. The Balaban J connectivity index is 2.12. The van der Waals surface area contributed by atoms with Gasteiger partial charge in [-0.3, -0.25) is 4.98 Å². The Bertz CT molecular complexity index is 390. The number of pyridine rings is 1. The van der Waals surface area contributed by atoms with Gasteiger partial charge in [0.15, 0.2) is 0 Å². The van der Waals surface area contributed by atoms with Gasteiger partial charge in [-0.15, -0.1) is 0 Å². The Morgan fingerprint density at radius 2 is 2.19 bits per heavy atom. The third-order valence-electron chi connectivity index (χ3n) is 3.00. The van der Waals surface area contributed by atoms with Crippen LogP contribution in [0.3, 0.4) is 0 Å². The molecule has 1 saturated heterocycles. The van der Waals surface area contributed by atoms with Crippen LogP contribution in [0.5, 0.6) is 0 Å². The number of nitrogens with zero attached hydrogens (tertiary/aromatic N) is 2. The molecule has 1 aliphatic heterocycles. The Morgan fingerprint density at radius 1 is 1.44 bits per heavy atom. The molecule has 0 bridgehead atoms. The standard InChI is InChI=1S/C12H13BrN2O/c13-10-1-2-11(15-8-10)7-12(9-14)3-5-16-6-4-12/h1-2,8H,3-7H2. The summed E-state index contributed by atoms with van der Waals surface area (Å²) in [6.07, 6.45) is 4.11. The number of rotatable bonds is 2. The van der Waals surface area contributed by atoms with Crippen LogP contribution < -0.4 is 0 Å². The van der Waals surface area contributed by atoms with E-state index in [-0.39, 0.29) is 5.41 Å². The van der Waals surface area contributed by atoms with Gasteiger partial charge in [0.2, 0.25) is 0 Å². The largest absolute Gasteiger partial charge is 0.381 e. The zero-order chi connectivity index (χ0) is 11.4. The maximum absolute atomic E-state index is 9.31. The van der Waals surface area contributed by atoms with Crippen molar-refractivity contribution < 1.29 is 4.74 Å². The second kappa shape index (κ2) is 4.94. The molecule has 1 aromatic rings. The third-order valence-corrected chi connectivity index (χ3v) is 3.46. The highest BCUT2D eigenvalue weighted by molar-refractivity contribution is 9.10. The van der Waals surface area contributed by atoms with Crippen LogP contribution in [0.2, 0.25) is 0 Å². The topological polar surface area (TPSA) is 45.9 Å². The fraction of sp³-hybridized carbons (Fsp3) is 0.500. The zero-order valence-corrected chi connectivity index (χ0v) is 10.5. The van der Waals surface area contributed by atoms with E-state index in [2.05, 4.69) is 27.0 Å². The number of hydrogen-bond acceptors (Lipinski definition) is 3.